The predicted octanol–water partition coefficient (Wildman–Crippen LogP) is 4.14. The molecule has 11 heteroatoms. The Morgan fingerprint density at radius 1 is 0.939 bits per heavy atom. The van der Waals surface area contributed by atoms with Gasteiger partial charge in [-0.1, -0.05) is 35.3 Å². The number of benzene rings is 3. The molecule has 4 aromatic rings. The molecule has 0 fully saturated rings. The number of halogens is 2. The van der Waals surface area contributed by atoms with Crippen molar-refractivity contribution in [2.24, 2.45) is 0 Å². The molecule has 1 aromatic heterocycles. The van der Waals surface area contributed by atoms with Gasteiger partial charge in [0.2, 0.25) is 5.91 Å². The Morgan fingerprint density at radius 2 is 1.64 bits per heavy atom. The molecule has 0 bridgehead atoms. The number of fused-ring (bicyclic) bond motifs is 1. The minimum atomic E-state index is -3.88. The van der Waals surface area contributed by atoms with Gasteiger partial charge in [0.05, 0.1) is 37.9 Å². The summed E-state index contributed by atoms with van der Waals surface area (Å²) in [6.07, 6.45) is 1.31. The number of nitrogens with one attached hydrogen (secondary N) is 2. The lowest BCUT2D eigenvalue weighted by Crippen LogP contribution is -2.27. The molecule has 0 spiro atoms. The predicted molar refractivity (Wildman–Crippen MR) is 128 cm³/mol. The second kappa shape index (κ2) is 9.22. The Kier molecular flexibility index (Phi) is 6.37. The zero-order valence-electron chi connectivity index (χ0n) is 16.8. The smallest absolute Gasteiger partial charge is 0.261 e. The zero-order valence-corrected chi connectivity index (χ0v) is 19.2. The topological polar surface area (TPSA) is 110 Å². The van der Waals surface area contributed by atoms with Gasteiger partial charge in [-0.2, -0.15) is 0 Å². The Bertz CT molecular complexity index is 1520. The second-order valence-electron chi connectivity index (χ2n) is 7.00. The minimum Gasteiger partial charge on any atom is -0.325 e. The molecule has 8 nitrogen and oxygen atoms in total. The van der Waals surface area contributed by atoms with Crippen LogP contribution in [0.4, 0.5) is 11.4 Å². The summed E-state index contributed by atoms with van der Waals surface area (Å²) in [6.45, 7) is -0.240. The fourth-order valence-corrected chi connectivity index (χ4v) is 4.41. The van der Waals surface area contributed by atoms with Crippen molar-refractivity contribution >= 4 is 61.4 Å². The largest absolute Gasteiger partial charge is 0.325 e. The molecular weight excluding hydrogens is 487 g/mol. The van der Waals surface area contributed by atoms with Gasteiger partial charge in [-0.25, -0.2) is 13.4 Å². The first-order valence-corrected chi connectivity index (χ1v) is 11.8. The fraction of sp³-hybridized carbons (Fsp3) is 0.0455. The van der Waals surface area contributed by atoms with Crippen molar-refractivity contribution in [2.45, 2.75) is 11.4 Å². The van der Waals surface area contributed by atoms with E-state index in [4.69, 9.17) is 23.2 Å². The van der Waals surface area contributed by atoms with E-state index in [2.05, 4.69) is 15.0 Å². The van der Waals surface area contributed by atoms with E-state index in [0.717, 1.165) is 0 Å². The van der Waals surface area contributed by atoms with Crippen molar-refractivity contribution in [1.82, 2.24) is 9.55 Å². The standard InChI is InChI=1S/C22H16Cl2N4O4S/c23-18-10-7-15(11-19(18)24)27-33(31,32)16-8-5-14(6-9-16)26-21(29)12-28-13-25-20-4-2-1-3-17(20)22(28)30/h1-11,13,27H,12H2,(H,26,29). The Hall–Kier alpha value is -3.40. The van der Waals surface area contributed by atoms with E-state index in [1.54, 1.807) is 24.3 Å². The van der Waals surface area contributed by atoms with Gasteiger partial charge >= 0.3 is 0 Å². The maximum Gasteiger partial charge on any atom is 0.261 e. The van der Waals surface area contributed by atoms with E-state index in [1.807, 2.05) is 0 Å². The highest BCUT2D eigenvalue weighted by Crippen LogP contribution is 2.26. The van der Waals surface area contributed by atoms with Gasteiger partial charge in [0, 0.05) is 5.69 Å². The van der Waals surface area contributed by atoms with Crippen LogP contribution >= 0.6 is 23.2 Å². The normalized spacial score (nSPS) is 11.3. The number of rotatable bonds is 6. The SMILES string of the molecule is O=C(Cn1cnc2ccccc2c1=O)Nc1ccc(S(=O)(=O)Nc2ccc(Cl)c(Cl)c2)cc1. The molecule has 0 radical (unpaired) electrons. The summed E-state index contributed by atoms with van der Waals surface area (Å²) in [7, 11) is -3.88. The molecule has 33 heavy (non-hydrogen) atoms. The number of para-hydroxylation sites is 1. The van der Waals surface area contributed by atoms with Gasteiger partial charge in [-0.15, -0.1) is 0 Å². The first-order chi connectivity index (χ1) is 15.7. The third kappa shape index (κ3) is 5.16. The molecule has 3 aromatic carbocycles. The molecular formula is C22H16Cl2N4O4S. The van der Waals surface area contributed by atoms with E-state index in [9.17, 15) is 18.0 Å². The van der Waals surface area contributed by atoms with Crippen molar-refractivity contribution in [1.29, 1.82) is 0 Å². The number of hydrogen-bond acceptors (Lipinski definition) is 5. The van der Waals surface area contributed by atoms with E-state index in [-0.39, 0.29) is 27.7 Å². The van der Waals surface area contributed by atoms with E-state index in [1.165, 1.54) is 53.4 Å². The summed E-state index contributed by atoms with van der Waals surface area (Å²) < 4.78 is 28.8. The second-order valence-corrected chi connectivity index (χ2v) is 9.50. The summed E-state index contributed by atoms with van der Waals surface area (Å²) in [5.41, 5.74) is 0.850. The van der Waals surface area contributed by atoms with Crippen LogP contribution in [0.25, 0.3) is 10.9 Å². The molecule has 0 aliphatic heterocycles. The van der Waals surface area contributed by atoms with Crippen LogP contribution in [0.5, 0.6) is 0 Å². The van der Waals surface area contributed by atoms with Crippen LogP contribution in [0.3, 0.4) is 0 Å². The van der Waals surface area contributed by atoms with Crippen LogP contribution in [-0.4, -0.2) is 23.9 Å². The van der Waals surface area contributed by atoms with Gasteiger partial charge in [-0.3, -0.25) is 18.9 Å². The van der Waals surface area contributed by atoms with Gasteiger partial charge in [-0.05, 0) is 54.6 Å². The Balaban J connectivity index is 1.45. The van der Waals surface area contributed by atoms with Gasteiger partial charge in [0.25, 0.3) is 15.6 Å². The van der Waals surface area contributed by atoms with Crippen molar-refractivity contribution in [2.75, 3.05) is 10.0 Å². The molecule has 0 saturated carbocycles. The minimum absolute atomic E-state index is 0.0125. The fourth-order valence-electron chi connectivity index (χ4n) is 3.07. The summed E-state index contributed by atoms with van der Waals surface area (Å²) in [4.78, 5) is 29.1. The van der Waals surface area contributed by atoms with Crippen LogP contribution in [0, 0.1) is 0 Å². The number of carbonyl (C=O) groups excluding carboxylic acids is 1. The number of amides is 1. The number of aromatic nitrogens is 2. The lowest BCUT2D eigenvalue weighted by molar-refractivity contribution is -0.116. The van der Waals surface area contributed by atoms with Crippen LogP contribution in [0.15, 0.2) is 82.7 Å². The summed E-state index contributed by atoms with van der Waals surface area (Å²) in [6, 6.07) is 16.8. The third-order valence-corrected chi connectivity index (χ3v) is 6.80. The molecule has 0 atom stereocenters. The number of carbonyl (C=O) groups is 1. The molecule has 2 N–H and O–H groups in total. The lowest BCUT2D eigenvalue weighted by atomic mass is 10.2. The maximum absolute atomic E-state index is 12.6. The van der Waals surface area contributed by atoms with Gasteiger partial charge in [0.1, 0.15) is 6.54 Å². The number of hydrogen-bond donors (Lipinski definition) is 2. The highest BCUT2D eigenvalue weighted by atomic mass is 35.5. The number of sulfonamides is 1. The summed E-state index contributed by atoms with van der Waals surface area (Å²) in [5.74, 6) is -0.460. The van der Waals surface area contributed by atoms with Crippen molar-refractivity contribution < 1.29 is 13.2 Å². The molecule has 0 unspecified atom stereocenters. The highest BCUT2D eigenvalue weighted by Gasteiger charge is 2.15. The molecule has 0 aliphatic carbocycles. The molecule has 0 saturated heterocycles. The first-order valence-electron chi connectivity index (χ1n) is 9.55. The van der Waals surface area contributed by atoms with Crippen LogP contribution in [-0.2, 0) is 21.4 Å². The van der Waals surface area contributed by atoms with E-state index < -0.39 is 15.9 Å². The Labute approximate surface area is 198 Å². The van der Waals surface area contributed by atoms with Gasteiger partial charge < -0.3 is 5.32 Å². The number of nitrogens with zero attached hydrogens (tertiary/aromatic N) is 2. The number of anilines is 2. The van der Waals surface area contributed by atoms with Gasteiger partial charge in [0.15, 0.2) is 0 Å². The molecule has 4 rings (SSSR count). The Morgan fingerprint density at radius 3 is 2.36 bits per heavy atom. The maximum atomic E-state index is 12.6. The molecule has 1 amide bonds. The third-order valence-electron chi connectivity index (χ3n) is 4.67. The van der Waals surface area contributed by atoms with Crippen molar-refractivity contribution in [3.8, 4) is 0 Å². The highest BCUT2D eigenvalue weighted by molar-refractivity contribution is 7.92. The average molecular weight is 503 g/mol. The van der Waals surface area contributed by atoms with E-state index >= 15 is 0 Å². The van der Waals surface area contributed by atoms with Crippen molar-refractivity contribution in [3.05, 3.63) is 93.5 Å². The van der Waals surface area contributed by atoms with Crippen LogP contribution in [0.1, 0.15) is 0 Å². The molecule has 0 aliphatic rings. The van der Waals surface area contributed by atoms with Crippen LogP contribution in [0.2, 0.25) is 10.0 Å². The monoisotopic (exact) mass is 502 g/mol. The molecule has 168 valence electrons. The average Bonchev–Trinajstić information content (AvgIpc) is 2.78. The quantitative estimate of drug-likeness (QED) is 0.411. The lowest BCUT2D eigenvalue weighted by Gasteiger charge is -2.11. The van der Waals surface area contributed by atoms with Crippen LogP contribution < -0.4 is 15.6 Å². The van der Waals surface area contributed by atoms with E-state index in [0.29, 0.717) is 21.6 Å². The van der Waals surface area contributed by atoms with Crippen molar-refractivity contribution in [3.63, 3.8) is 0 Å². The zero-order chi connectivity index (χ0) is 23.6. The molecule has 1 heterocycles. The summed E-state index contributed by atoms with van der Waals surface area (Å²) >= 11 is 11.8. The summed E-state index contributed by atoms with van der Waals surface area (Å²) in [5, 5.41) is 3.57. The first kappa shape index (κ1) is 22.8.